The van der Waals surface area contributed by atoms with Crippen molar-refractivity contribution >= 4 is 21.0 Å². The Labute approximate surface area is 193 Å². The van der Waals surface area contributed by atoms with Crippen LogP contribution in [0.3, 0.4) is 0 Å². The number of ether oxygens (including phenoxy) is 2. The van der Waals surface area contributed by atoms with Gasteiger partial charge in [-0.25, -0.2) is 17.9 Å². The van der Waals surface area contributed by atoms with Gasteiger partial charge in [0.1, 0.15) is 17.4 Å². The zero-order valence-electron chi connectivity index (χ0n) is 19.0. The van der Waals surface area contributed by atoms with Crippen LogP contribution in [0.4, 0.5) is 0 Å². The van der Waals surface area contributed by atoms with Crippen LogP contribution in [0.1, 0.15) is 25.7 Å². The summed E-state index contributed by atoms with van der Waals surface area (Å²) in [7, 11) is -0.229. The molecule has 1 N–H and O–H groups in total. The van der Waals surface area contributed by atoms with Crippen molar-refractivity contribution in [1.29, 1.82) is 0 Å². The topological polar surface area (TPSA) is 98.1 Å². The molecule has 0 spiro atoms. The van der Waals surface area contributed by atoms with Crippen LogP contribution in [0.15, 0.2) is 67.4 Å². The number of unbranched alkanes of at least 4 members (excludes halogenated alkanes) is 1. The Morgan fingerprint density at radius 3 is 2.82 bits per heavy atom. The Bertz CT molecular complexity index is 1230. The SMILES string of the molecule is COC1=CC2=C(CCN(CCCCNS(=O)(=O)c3ccc4oc(=O)ccc4c3)C2)CC1OC. The molecule has 1 aliphatic heterocycles. The zero-order valence-corrected chi connectivity index (χ0v) is 19.8. The third-order valence-corrected chi connectivity index (χ3v) is 7.72. The largest absolute Gasteiger partial charge is 0.498 e. The molecule has 8 nitrogen and oxygen atoms in total. The van der Waals surface area contributed by atoms with E-state index in [4.69, 9.17) is 13.9 Å². The maximum absolute atomic E-state index is 12.6. The lowest BCUT2D eigenvalue weighted by Crippen LogP contribution is -2.35. The van der Waals surface area contributed by atoms with Gasteiger partial charge in [-0.2, -0.15) is 0 Å². The van der Waals surface area contributed by atoms with Crippen LogP contribution in [-0.2, 0) is 19.5 Å². The standard InChI is InChI=1S/C24H30N2O6S/c1-30-22-14-17-9-12-26(16-19(17)15-23(22)31-2)11-4-3-10-25-33(28,29)20-6-7-21-18(13-20)5-8-24(27)32-21/h5-8,13,15,22,25H,3-4,9-12,14,16H2,1-2H3. The minimum absolute atomic E-state index is 0.00878. The van der Waals surface area contributed by atoms with E-state index in [2.05, 4.69) is 15.7 Å². The van der Waals surface area contributed by atoms with Crippen LogP contribution in [0.25, 0.3) is 11.0 Å². The normalized spacial score (nSPS) is 19.5. The molecule has 0 fully saturated rings. The highest BCUT2D eigenvalue weighted by Gasteiger charge is 2.27. The number of nitrogens with zero attached hydrogens (tertiary/aromatic N) is 1. The van der Waals surface area contributed by atoms with E-state index in [1.165, 1.54) is 35.4 Å². The lowest BCUT2D eigenvalue weighted by Gasteiger charge is -2.34. The summed E-state index contributed by atoms with van der Waals surface area (Å²) in [5.74, 6) is 0.878. The molecule has 0 amide bonds. The first-order chi connectivity index (χ1) is 15.9. The predicted octanol–water partition coefficient (Wildman–Crippen LogP) is 2.80. The number of fused-ring (bicyclic) bond motifs is 1. The number of nitrogens with one attached hydrogen (secondary N) is 1. The van der Waals surface area contributed by atoms with Gasteiger partial charge in [0, 0.05) is 44.6 Å². The second-order valence-corrected chi connectivity index (χ2v) is 10.2. The van der Waals surface area contributed by atoms with Gasteiger partial charge in [0.05, 0.1) is 12.0 Å². The molecular formula is C24H30N2O6S. The summed E-state index contributed by atoms with van der Waals surface area (Å²) in [4.78, 5) is 13.9. The van der Waals surface area contributed by atoms with E-state index in [1.54, 1.807) is 20.3 Å². The van der Waals surface area contributed by atoms with Crippen LogP contribution >= 0.6 is 0 Å². The Hall–Kier alpha value is -2.46. The molecule has 0 bridgehead atoms. The van der Waals surface area contributed by atoms with Crippen molar-refractivity contribution < 1.29 is 22.3 Å². The maximum Gasteiger partial charge on any atom is 0.336 e. The molecular weight excluding hydrogens is 444 g/mol. The van der Waals surface area contributed by atoms with Crippen molar-refractivity contribution in [3.05, 3.63) is 63.7 Å². The predicted molar refractivity (Wildman–Crippen MR) is 125 cm³/mol. The van der Waals surface area contributed by atoms with Gasteiger partial charge in [-0.15, -0.1) is 0 Å². The number of rotatable bonds is 9. The van der Waals surface area contributed by atoms with Crippen molar-refractivity contribution in [2.45, 2.75) is 36.7 Å². The minimum Gasteiger partial charge on any atom is -0.498 e. The maximum atomic E-state index is 12.6. The molecule has 178 valence electrons. The smallest absolute Gasteiger partial charge is 0.336 e. The Kier molecular flexibility index (Phi) is 7.33. The molecule has 1 aromatic heterocycles. The molecule has 1 unspecified atom stereocenters. The van der Waals surface area contributed by atoms with Gasteiger partial charge in [-0.05, 0) is 61.7 Å². The number of hydrogen-bond donors (Lipinski definition) is 1. The van der Waals surface area contributed by atoms with Crippen LogP contribution in [0.5, 0.6) is 0 Å². The van der Waals surface area contributed by atoms with E-state index in [-0.39, 0.29) is 11.0 Å². The van der Waals surface area contributed by atoms with Gasteiger partial charge in [0.2, 0.25) is 10.0 Å². The molecule has 1 atom stereocenters. The van der Waals surface area contributed by atoms with Crippen molar-refractivity contribution in [3.8, 4) is 0 Å². The molecule has 4 rings (SSSR count). The quantitative estimate of drug-likeness (QED) is 0.441. The number of sulfonamides is 1. The summed E-state index contributed by atoms with van der Waals surface area (Å²) in [6.07, 6.45) is 5.68. The molecule has 2 aliphatic rings. The summed E-state index contributed by atoms with van der Waals surface area (Å²) < 4.78 is 44.0. The lowest BCUT2D eigenvalue weighted by atomic mass is 9.89. The summed E-state index contributed by atoms with van der Waals surface area (Å²) in [5, 5.41) is 0.571. The molecule has 1 aromatic carbocycles. The average Bonchev–Trinajstić information content (AvgIpc) is 2.82. The molecule has 1 aliphatic carbocycles. The molecule has 0 radical (unpaired) electrons. The Morgan fingerprint density at radius 1 is 1.18 bits per heavy atom. The van der Waals surface area contributed by atoms with E-state index in [9.17, 15) is 13.2 Å². The monoisotopic (exact) mass is 474 g/mol. The highest BCUT2D eigenvalue weighted by atomic mass is 32.2. The fourth-order valence-corrected chi connectivity index (χ4v) is 5.51. The Balaban J connectivity index is 1.25. The van der Waals surface area contributed by atoms with Crippen molar-refractivity contribution in [3.63, 3.8) is 0 Å². The molecule has 9 heteroatoms. The third kappa shape index (κ3) is 5.55. The van der Waals surface area contributed by atoms with Gasteiger partial charge < -0.3 is 13.9 Å². The number of hydrogen-bond acceptors (Lipinski definition) is 7. The van der Waals surface area contributed by atoms with Crippen molar-refractivity contribution in [1.82, 2.24) is 9.62 Å². The number of benzene rings is 1. The van der Waals surface area contributed by atoms with E-state index in [0.717, 1.165) is 51.1 Å². The summed E-state index contributed by atoms with van der Waals surface area (Å²) >= 11 is 0. The van der Waals surface area contributed by atoms with Gasteiger partial charge in [0.25, 0.3) is 0 Å². The van der Waals surface area contributed by atoms with Gasteiger partial charge in [0.15, 0.2) is 0 Å². The van der Waals surface area contributed by atoms with E-state index in [1.807, 2.05) is 0 Å². The second-order valence-electron chi connectivity index (χ2n) is 8.39. The number of methoxy groups -OCH3 is 2. The fraction of sp³-hybridized carbons (Fsp3) is 0.458. The van der Waals surface area contributed by atoms with Crippen LogP contribution in [0.2, 0.25) is 0 Å². The summed E-state index contributed by atoms with van der Waals surface area (Å²) in [5.41, 5.74) is 2.67. The van der Waals surface area contributed by atoms with Gasteiger partial charge in [-0.3, -0.25) is 4.90 Å². The molecule has 0 saturated carbocycles. The van der Waals surface area contributed by atoms with Crippen molar-refractivity contribution in [2.24, 2.45) is 0 Å². The first kappa shape index (κ1) is 23.7. The molecule has 0 saturated heterocycles. The Morgan fingerprint density at radius 2 is 2.03 bits per heavy atom. The second kappa shape index (κ2) is 10.2. The summed E-state index contributed by atoms with van der Waals surface area (Å²) in [6, 6.07) is 7.31. The van der Waals surface area contributed by atoms with Gasteiger partial charge in [-0.1, -0.05) is 5.57 Å². The van der Waals surface area contributed by atoms with Crippen LogP contribution in [-0.4, -0.2) is 59.8 Å². The molecule has 33 heavy (non-hydrogen) atoms. The van der Waals surface area contributed by atoms with Crippen LogP contribution in [0, 0.1) is 0 Å². The average molecular weight is 475 g/mol. The highest BCUT2D eigenvalue weighted by Crippen LogP contribution is 2.32. The fourth-order valence-electron chi connectivity index (χ4n) is 4.40. The highest BCUT2D eigenvalue weighted by molar-refractivity contribution is 7.89. The third-order valence-electron chi connectivity index (χ3n) is 6.26. The first-order valence-corrected chi connectivity index (χ1v) is 12.6. The van der Waals surface area contributed by atoms with E-state index < -0.39 is 15.6 Å². The molecule has 2 aromatic rings. The lowest BCUT2D eigenvalue weighted by molar-refractivity contribution is 0.0744. The minimum atomic E-state index is -3.62. The van der Waals surface area contributed by atoms with E-state index in [0.29, 0.717) is 17.5 Å². The van der Waals surface area contributed by atoms with E-state index >= 15 is 0 Å². The molecule has 2 heterocycles. The zero-order chi connectivity index (χ0) is 23.4. The van der Waals surface area contributed by atoms with Gasteiger partial charge >= 0.3 is 5.63 Å². The summed E-state index contributed by atoms with van der Waals surface area (Å²) in [6.45, 7) is 3.18. The first-order valence-electron chi connectivity index (χ1n) is 11.1. The van der Waals surface area contributed by atoms with Crippen molar-refractivity contribution in [2.75, 3.05) is 40.4 Å². The van der Waals surface area contributed by atoms with Crippen LogP contribution < -0.4 is 10.3 Å².